The maximum absolute atomic E-state index is 13.4. The van der Waals surface area contributed by atoms with Crippen molar-refractivity contribution in [2.75, 3.05) is 5.32 Å². The molecule has 1 amide bonds. The van der Waals surface area contributed by atoms with Crippen molar-refractivity contribution < 1.29 is 18.0 Å². The van der Waals surface area contributed by atoms with Crippen LogP contribution in [0.3, 0.4) is 0 Å². The number of hydrogen-bond acceptors (Lipinski definition) is 2. The van der Waals surface area contributed by atoms with E-state index in [0.717, 1.165) is 0 Å². The first-order valence-electron chi connectivity index (χ1n) is 5.16. The fourth-order valence-electron chi connectivity index (χ4n) is 1.44. The molecule has 2 rings (SSSR count). The molecular formula is C12H5Cl2F3N2O. The first-order valence-corrected chi connectivity index (χ1v) is 5.91. The number of benzene rings is 1. The van der Waals surface area contributed by atoms with Crippen molar-refractivity contribution in [1.82, 2.24) is 4.98 Å². The van der Waals surface area contributed by atoms with Crippen molar-refractivity contribution >= 4 is 34.8 Å². The zero-order valence-corrected chi connectivity index (χ0v) is 11.1. The average Bonchev–Trinajstić information content (AvgIpc) is 2.34. The van der Waals surface area contributed by atoms with E-state index >= 15 is 0 Å². The Morgan fingerprint density at radius 1 is 1.05 bits per heavy atom. The molecule has 1 aromatic heterocycles. The standard InChI is InChI=1S/C12H5Cl2F3N2O/c13-9-1-5(2-10(14)19-9)12(20)18-8-4-6(15)3-7(16)11(8)17/h1-4H,(H,18,20). The van der Waals surface area contributed by atoms with E-state index in [0.29, 0.717) is 12.1 Å². The molecule has 1 N–H and O–H groups in total. The van der Waals surface area contributed by atoms with Gasteiger partial charge in [-0.25, -0.2) is 18.2 Å². The van der Waals surface area contributed by atoms with Crippen LogP contribution in [0.25, 0.3) is 0 Å². The lowest BCUT2D eigenvalue weighted by Crippen LogP contribution is -2.14. The van der Waals surface area contributed by atoms with E-state index in [9.17, 15) is 18.0 Å². The van der Waals surface area contributed by atoms with Gasteiger partial charge in [-0.15, -0.1) is 0 Å². The van der Waals surface area contributed by atoms with Crippen LogP contribution in [0, 0.1) is 17.5 Å². The van der Waals surface area contributed by atoms with Crippen molar-refractivity contribution in [1.29, 1.82) is 0 Å². The van der Waals surface area contributed by atoms with Crippen molar-refractivity contribution in [3.63, 3.8) is 0 Å². The molecule has 1 aromatic carbocycles. The van der Waals surface area contributed by atoms with Gasteiger partial charge in [-0.3, -0.25) is 4.79 Å². The summed E-state index contributed by atoms with van der Waals surface area (Å²) in [6.45, 7) is 0. The van der Waals surface area contributed by atoms with Crippen molar-refractivity contribution in [3.05, 3.63) is 57.6 Å². The summed E-state index contributed by atoms with van der Waals surface area (Å²) in [7, 11) is 0. The predicted molar refractivity (Wildman–Crippen MR) is 68.5 cm³/mol. The van der Waals surface area contributed by atoms with E-state index < -0.39 is 29.0 Å². The molecule has 0 aliphatic heterocycles. The van der Waals surface area contributed by atoms with Crippen LogP contribution in [0.4, 0.5) is 18.9 Å². The van der Waals surface area contributed by atoms with Crippen LogP contribution < -0.4 is 5.32 Å². The van der Waals surface area contributed by atoms with E-state index in [2.05, 4.69) is 4.98 Å². The molecular weight excluding hydrogens is 316 g/mol. The van der Waals surface area contributed by atoms with Gasteiger partial charge in [0.25, 0.3) is 5.91 Å². The Morgan fingerprint density at radius 3 is 2.25 bits per heavy atom. The fraction of sp³-hybridized carbons (Fsp3) is 0. The summed E-state index contributed by atoms with van der Waals surface area (Å²) in [5.41, 5.74) is -0.657. The number of anilines is 1. The molecule has 0 unspecified atom stereocenters. The van der Waals surface area contributed by atoms with Gasteiger partial charge >= 0.3 is 0 Å². The summed E-state index contributed by atoms with van der Waals surface area (Å²) in [5.74, 6) is -4.64. The van der Waals surface area contributed by atoms with Gasteiger partial charge in [0.2, 0.25) is 0 Å². The van der Waals surface area contributed by atoms with Crippen LogP contribution in [0.1, 0.15) is 10.4 Å². The minimum Gasteiger partial charge on any atom is -0.319 e. The second-order valence-electron chi connectivity index (χ2n) is 3.70. The molecule has 20 heavy (non-hydrogen) atoms. The van der Waals surface area contributed by atoms with Gasteiger partial charge in [-0.2, -0.15) is 0 Å². The van der Waals surface area contributed by atoms with E-state index in [1.807, 2.05) is 5.32 Å². The monoisotopic (exact) mass is 320 g/mol. The molecule has 0 bridgehead atoms. The number of rotatable bonds is 2. The Labute approximate surface area is 121 Å². The lowest BCUT2D eigenvalue weighted by Gasteiger charge is -2.07. The highest BCUT2D eigenvalue weighted by Crippen LogP contribution is 2.21. The van der Waals surface area contributed by atoms with Crippen molar-refractivity contribution in [2.45, 2.75) is 0 Å². The van der Waals surface area contributed by atoms with Crippen LogP contribution in [0.5, 0.6) is 0 Å². The summed E-state index contributed by atoms with van der Waals surface area (Å²) in [4.78, 5) is 15.5. The molecule has 0 atom stereocenters. The Morgan fingerprint density at radius 2 is 1.65 bits per heavy atom. The highest BCUT2D eigenvalue weighted by atomic mass is 35.5. The zero-order chi connectivity index (χ0) is 14.9. The predicted octanol–water partition coefficient (Wildman–Crippen LogP) is 4.06. The summed E-state index contributed by atoms with van der Waals surface area (Å²) in [6, 6.07) is 3.37. The largest absolute Gasteiger partial charge is 0.319 e. The summed E-state index contributed by atoms with van der Waals surface area (Å²) in [5, 5.41) is 1.93. The number of amides is 1. The number of halogens is 5. The average molecular weight is 321 g/mol. The van der Waals surface area contributed by atoms with Gasteiger partial charge in [0.1, 0.15) is 16.1 Å². The molecule has 2 aromatic rings. The van der Waals surface area contributed by atoms with Crippen LogP contribution in [0.2, 0.25) is 10.3 Å². The number of carbonyl (C=O) groups is 1. The molecule has 0 radical (unpaired) electrons. The van der Waals surface area contributed by atoms with E-state index in [1.165, 1.54) is 12.1 Å². The minimum absolute atomic E-state index is 0.0286. The number of pyridine rings is 1. The third-order valence-corrected chi connectivity index (χ3v) is 2.65. The molecule has 0 saturated heterocycles. The van der Waals surface area contributed by atoms with Gasteiger partial charge in [-0.05, 0) is 12.1 Å². The number of hydrogen-bond donors (Lipinski definition) is 1. The molecule has 1 heterocycles. The maximum Gasteiger partial charge on any atom is 0.255 e. The van der Waals surface area contributed by atoms with E-state index in [4.69, 9.17) is 23.2 Å². The van der Waals surface area contributed by atoms with Gasteiger partial charge in [0.15, 0.2) is 11.6 Å². The number of nitrogens with one attached hydrogen (secondary N) is 1. The van der Waals surface area contributed by atoms with Crippen LogP contribution in [0.15, 0.2) is 24.3 Å². The minimum atomic E-state index is -1.41. The number of nitrogens with zero attached hydrogens (tertiary/aromatic N) is 1. The molecule has 8 heteroatoms. The highest BCUT2D eigenvalue weighted by molar-refractivity contribution is 6.33. The SMILES string of the molecule is O=C(Nc1cc(F)cc(F)c1F)c1cc(Cl)nc(Cl)c1. The van der Waals surface area contributed by atoms with Gasteiger partial charge in [-0.1, -0.05) is 23.2 Å². The lowest BCUT2D eigenvalue weighted by atomic mass is 10.2. The lowest BCUT2D eigenvalue weighted by molar-refractivity contribution is 0.102. The Hall–Kier alpha value is -1.79. The van der Waals surface area contributed by atoms with Crippen LogP contribution >= 0.6 is 23.2 Å². The Balaban J connectivity index is 2.32. The molecule has 0 aliphatic rings. The summed E-state index contributed by atoms with van der Waals surface area (Å²) >= 11 is 11.2. The topological polar surface area (TPSA) is 42.0 Å². The van der Waals surface area contributed by atoms with Gasteiger partial charge < -0.3 is 5.32 Å². The Bertz CT molecular complexity index is 674. The highest BCUT2D eigenvalue weighted by Gasteiger charge is 2.15. The fourth-order valence-corrected chi connectivity index (χ4v) is 1.90. The smallest absolute Gasteiger partial charge is 0.255 e. The third kappa shape index (κ3) is 3.20. The molecule has 104 valence electrons. The second-order valence-corrected chi connectivity index (χ2v) is 4.48. The first kappa shape index (κ1) is 14.6. The van der Waals surface area contributed by atoms with Gasteiger partial charge in [0, 0.05) is 17.7 Å². The summed E-state index contributed by atoms with van der Waals surface area (Å²) in [6.07, 6.45) is 0. The third-order valence-electron chi connectivity index (χ3n) is 2.27. The number of carbonyl (C=O) groups excluding carboxylic acids is 1. The van der Waals surface area contributed by atoms with Gasteiger partial charge in [0.05, 0.1) is 5.69 Å². The first-order chi connectivity index (χ1) is 9.36. The molecule has 3 nitrogen and oxygen atoms in total. The van der Waals surface area contributed by atoms with E-state index in [-0.39, 0.29) is 15.9 Å². The Kier molecular flexibility index (Phi) is 4.15. The van der Waals surface area contributed by atoms with Crippen molar-refractivity contribution in [3.8, 4) is 0 Å². The van der Waals surface area contributed by atoms with E-state index in [1.54, 1.807) is 0 Å². The normalized spacial score (nSPS) is 10.4. The van der Waals surface area contributed by atoms with Crippen LogP contribution in [-0.2, 0) is 0 Å². The zero-order valence-electron chi connectivity index (χ0n) is 9.55. The molecule has 0 spiro atoms. The molecule has 0 aliphatic carbocycles. The number of aromatic nitrogens is 1. The van der Waals surface area contributed by atoms with Crippen LogP contribution in [-0.4, -0.2) is 10.9 Å². The molecule has 0 fully saturated rings. The quantitative estimate of drug-likeness (QED) is 0.669. The molecule has 0 saturated carbocycles. The van der Waals surface area contributed by atoms with Crippen molar-refractivity contribution in [2.24, 2.45) is 0 Å². The summed E-state index contributed by atoms with van der Waals surface area (Å²) < 4.78 is 39.4. The maximum atomic E-state index is 13.4. The second kappa shape index (κ2) is 5.68.